The summed E-state index contributed by atoms with van der Waals surface area (Å²) in [7, 11) is 9.01. The van der Waals surface area contributed by atoms with Gasteiger partial charge in [0.2, 0.25) is 11.5 Å². The molecular weight excluding hydrogens is 472 g/mol. The Morgan fingerprint density at radius 3 is 1.11 bits per heavy atom. The first-order valence-electron chi connectivity index (χ1n) is 10.7. The standard InChI is InChI=1S/C26H30O10/c1-29-19-13-17(14-20(30-2)25(19)33-5)7-9-23(27)35-11-12-36-24(28)10-8-18-15-21(31-3)26(34-6)22(16-18)32-4/h7-10,13-16H,11-12H2,1-6H3. The Kier molecular flexibility index (Phi) is 11.0. The molecule has 0 aliphatic carbocycles. The number of carbonyl (C=O) groups is 2. The highest BCUT2D eigenvalue weighted by molar-refractivity contribution is 5.88. The van der Waals surface area contributed by atoms with Crippen molar-refractivity contribution in [2.24, 2.45) is 0 Å². The van der Waals surface area contributed by atoms with Gasteiger partial charge < -0.3 is 37.9 Å². The van der Waals surface area contributed by atoms with Crippen molar-refractivity contribution in [3.63, 3.8) is 0 Å². The van der Waals surface area contributed by atoms with Crippen molar-refractivity contribution in [1.29, 1.82) is 0 Å². The van der Waals surface area contributed by atoms with Crippen LogP contribution < -0.4 is 28.4 Å². The molecule has 36 heavy (non-hydrogen) atoms. The first kappa shape index (κ1) is 27.9. The molecule has 0 atom stereocenters. The van der Waals surface area contributed by atoms with Gasteiger partial charge in [-0.15, -0.1) is 0 Å². The smallest absolute Gasteiger partial charge is 0.330 e. The average Bonchev–Trinajstić information content (AvgIpc) is 2.91. The largest absolute Gasteiger partial charge is 0.493 e. The van der Waals surface area contributed by atoms with Gasteiger partial charge >= 0.3 is 11.9 Å². The Morgan fingerprint density at radius 2 is 0.861 bits per heavy atom. The maximum Gasteiger partial charge on any atom is 0.330 e. The highest BCUT2D eigenvalue weighted by Gasteiger charge is 2.13. The minimum atomic E-state index is -0.604. The topological polar surface area (TPSA) is 108 Å². The molecule has 0 saturated heterocycles. The van der Waals surface area contributed by atoms with Crippen LogP contribution in [0, 0.1) is 0 Å². The normalized spacial score (nSPS) is 10.7. The van der Waals surface area contributed by atoms with Gasteiger partial charge in [0.15, 0.2) is 23.0 Å². The molecule has 0 aromatic heterocycles. The van der Waals surface area contributed by atoms with E-state index < -0.39 is 11.9 Å². The number of benzene rings is 2. The number of rotatable bonds is 13. The summed E-state index contributed by atoms with van der Waals surface area (Å²) in [5.74, 6) is 1.50. The van der Waals surface area contributed by atoms with Crippen molar-refractivity contribution < 1.29 is 47.5 Å². The van der Waals surface area contributed by atoms with E-state index in [4.69, 9.17) is 37.9 Å². The fourth-order valence-electron chi connectivity index (χ4n) is 3.10. The van der Waals surface area contributed by atoms with E-state index in [1.54, 1.807) is 36.4 Å². The van der Waals surface area contributed by atoms with E-state index >= 15 is 0 Å². The van der Waals surface area contributed by atoms with Crippen LogP contribution >= 0.6 is 0 Å². The van der Waals surface area contributed by atoms with Gasteiger partial charge in [-0.25, -0.2) is 9.59 Å². The quantitative estimate of drug-likeness (QED) is 0.229. The summed E-state index contributed by atoms with van der Waals surface area (Å²) in [5.41, 5.74) is 1.29. The van der Waals surface area contributed by atoms with E-state index in [1.165, 1.54) is 54.8 Å². The van der Waals surface area contributed by atoms with Crippen molar-refractivity contribution in [3.8, 4) is 34.5 Å². The van der Waals surface area contributed by atoms with Crippen LogP contribution in [0.15, 0.2) is 36.4 Å². The van der Waals surface area contributed by atoms with Gasteiger partial charge in [0.1, 0.15) is 13.2 Å². The maximum atomic E-state index is 12.0. The summed E-state index contributed by atoms with van der Waals surface area (Å²) in [6.07, 6.45) is 5.57. The fourth-order valence-corrected chi connectivity index (χ4v) is 3.10. The molecule has 0 aliphatic rings. The molecule has 10 heteroatoms. The third-order valence-corrected chi connectivity index (χ3v) is 4.77. The van der Waals surface area contributed by atoms with E-state index in [9.17, 15) is 9.59 Å². The maximum absolute atomic E-state index is 12.0. The number of hydrogen-bond donors (Lipinski definition) is 0. The van der Waals surface area contributed by atoms with Crippen molar-refractivity contribution in [2.75, 3.05) is 55.9 Å². The lowest BCUT2D eigenvalue weighted by molar-refractivity contribution is -0.145. The van der Waals surface area contributed by atoms with Gasteiger partial charge in [-0.2, -0.15) is 0 Å². The molecule has 10 nitrogen and oxygen atoms in total. The van der Waals surface area contributed by atoms with Crippen LogP contribution in [0.2, 0.25) is 0 Å². The van der Waals surface area contributed by atoms with E-state index in [0.29, 0.717) is 45.6 Å². The molecule has 0 aliphatic heterocycles. The monoisotopic (exact) mass is 502 g/mol. The number of methoxy groups -OCH3 is 6. The second-order valence-corrected chi connectivity index (χ2v) is 6.92. The molecule has 0 unspecified atom stereocenters. The Bertz CT molecular complexity index is 966. The summed E-state index contributed by atoms with van der Waals surface area (Å²) in [6, 6.07) is 6.75. The van der Waals surface area contributed by atoms with Crippen LogP contribution in [0.25, 0.3) is 12.2 Å². The zero-order valence-electron chi connectivity index (χ0n) is 21.1. The van der Waals surface area contributed by atoms with E-state index in [-0.39, 0.29) is 13.2 Å². The first-order valence-corrected chi connectivity index (χ1v) is 10.7. The molecule has 0 N–H and O–H groups in total. The number of carbonyl (C=O) groups excluding carboxylic acids is 2. The lowest BCUT2D eigenvalue weighted by Gasteiger charge is -2.12. The van der Waals surface area contributed by atoms with E-state index in [1.807, 2.05) is 0 Å². The van der Waals surface area contributed by atoms with E-state index in [2.05, 4.69) is 0 Å². The fraction of sp³-hybridized carbons (Fsp3) is 0.308. The summed E-state index contributed by atoms with van der Waals surface area (Å²) in [6.45, 7) is -0.218. The van der Waals surface area contributed by atoms with Crippen LogP contribution in [0.5, 0.6) is 34.5 Å². The lowest BCUT2D eigenvalue weighted by Crippen LogP contribution is -2.11. The summed E-state index contributed by atoms with van der Waals surface area (Å²) >= 11 is 0. The predicted octanol–water partition coefficient (Wildman–Crippen LogP) is 3.55. The second kappa shape index (κ2) is 14.1. The third kappa shape index (κ3) is 7.59. The van der Waals surface area contributed by atoms with Gasteiger partial charge in [0.25, 0.3) is 0 Å². The zero-order chi connectivity index (χ0) is 26.5. The molecule has 2 rings (SSSR count). The summed E-state index contributed by atoms with van der Waals surface area (Å²) in [4.78, 5) is 24.0. The molecule has 0 heterocycles. The van der Waals surface area contributed by atoms with Crippen LogP contribution in [0.3, 0.4) is 0 Å². The molecule has 0 amide bonds. The van der Waals surface area contributed by atoms with Gasteiger partial charge in [0, 0.05) is 12.2 Å². The average molecular weight is 503 g/mol. The highest BCUT2D eigenvalue weighted by Crippen LogP contribution is 2.39. The van der Waals surface area contributed by atoms with Crippen molar-refractivity contribution in [3.05, 3.63) is 47.5 Å². The Balaban J connectivity index is 1.87. The molecule has 194 valence electrons. The lowest BCUT2D eigenvalue weighted by atomic mass is 10.1. The number of esters is 2. The predicted molar refractivity (Wildman–Crippen MR) is 132 cm³/mol. The van der Waals surface area contributed by atoms with E-state index in [0.717, 1.165) is 0 Å². The van der Waals surface area contributed by atoms with Crippen molar-refractivity contribution in [1.82, 2.24) is 0 Å². The molecule has 0 fully saturated rings. The van der Waals surface area contributed by atoms with Gasteiger partial charge in [-0.3, -0.25) is 0 Å². The molecule has 0 saturated carbocycles. The minimum absolute atomic E-state index is 0.109. The SMILES string of the molecule is COc1cc(C=CC(=O)OCCOC(=O)C=Cc2cc(OC)c(OC)c(OC)c2)cc(OC)c1OC. The molecule has 2 aromatic carbocycles. The Hall–Kier alpha value is -4.34. The van der Waals surface area contributed by atoms with Crippen molar-refractivity contribution in [2.45, 2.75) is 0 Å². The van der Waals surface area contributed by atoms with Gasteiger partial charge in [-0.1, -0.05) is 0 Å². The van der Waals surface area contributed by atoms with Gasteiger partial charge in [-0.05, 0) is 47.5 Å². The van der Waals surface area contributed by atoms with Crippen molar-refractivity contribution >= 4 is 24.1 Å². The molecular formula is C26H30O10. The van der Waals surface area contributed by atoms with Crippen LogP contribution in [0.4, 0.5) is 0 Å². The molecule has 2 aromatic rings. The number of hydrogen-bond acceptors (Lipinski definition) is 10. The van der Waals surface area contributed by atoms with Crippen LogP contribution in [-0.2, 0) is 19.1 Å². The molecule has 0 spiro atoms. The number of ether oxygens (including phenoxy) is 8. The molecule has 0 bridgehead atoms. The minimum Gasteiger partial charge on any atom is -0.493 e. The summed E-state index contributed by atoms with van der Waals surface area (Å²) < 4.78 is 41.8. The Labute approximate surface area is 209 Å². The highest BCUT2D eigenvalue weighted by atomic mass is 16.6. The van der Waals surface area contributed by atoms with Gasteiger partial charge in [0.05, 0.1) is 42.7 Å². The Morgan fingerprint density at radius 1 is 0.556 bits per heavy atom. The van der Waals surface area contributed by atoms with Crippen LogP contribution in [-0.4, -0.2) is 67.8 Å². The molecule has 0 radical (unpaired) electrons. The van der Waals surface area contributed by atoms with Crippen LogP contribution in [0.1, 0.15) is 11.1 Å². The third-order valence-electron chi connectivity index (χ3n) is 4.77. The first-order chi connectivity index (χ1) is 17.4. The second-order valence-electron chi connectivity index (χ2n) is 6.92. The zero-order valence-corrected chi connectivity index (χ0v) is 21.1. The summed E-state index contributed by atoms with van der Waals surface area (Å²) in [5, 5.41) is 0.